The number of aromatic nitrogens is 3. The summed E-state index contributed by atoms with van der Waals surface area (Å²) in [5, 5.41) is 16.6. The standard InChI is InChI=1S/C44H49N9O6S/c1-5-53(6-2)21-20-46-42(57)40-27(3)36(48-28(40)4)24-34-33-23-31(14-15-35(33)50-41(34)56)49-38(54)12-7-8-13-39(55)59-32-11-9-10-29(22-32)25-47-43(58)52-44-51-37(26-60-44)30-16-18-45-19-17-30/h9-11,14-19,22-24,26,48H,5-8,12-13,20-21,25H2,1-4H3,(H,46,57)(H,49,54)(H,50,56)(H2,47,51,52,58)/b34-24-. The SMILES string of the molecule is CCN(CC)CCNC(=O)c1c(C)[nH]c(/C=C2\C(=O)Nc3ccc(NC(=O)CCCCC(=O)Oc4cccc(CNC(=O)Nc5nc(-c6ccncc6)cs5)c4)cc32)c1C. The number of unbranched alkanes of at least 4 members (excludes halogenated alkanes) is 1. The first-order valence-corrected chi connectivity index (χ1v) is 20.8. The van der Waals surface area contributed by atoms with Crippen molar-refractivity contribution < 1.29 is 28.7 Å². The molecule has 16 heteroatoms. The molecule has 0 bridgehead atoms. The van der Waals surface area contributed by atoms with Gasteiger partial charge in [0, 0.05) is 84.1 Å². The lowest BCUT2D eigenvalue weighted by Crippen LogP contribution is -2.35. The first kappa shape index (κ1) is 42.9. The average molecular weight is 832 g/mol. The predicted octanol–water partition coefficient (Wildman–Crippen LogP) is 7.14. The fourth-order valence-electron chi connectivity index (χ4n) is 6.76. The Kier molecular flexibility index (Phi) is 14.6. The maximum atomic E-state index is 13.1. The summed E-state index contributed by atoms with van der Waals surface area (Å²) in [6, 6.07) is 15.4. The lowest BCUT2D eigenvalue weighted by molar-refractivity contribution is -0.134. The van der Waals surface area contributed by atoms with Gasteiger partial charge in [-0.2, -0.15) is 0 Å². The number of amides is 5. The van der Waals surface area contributed by atoms with Gasteiger partial charge in [0.1, 0.15) is 5.75 Å². The number of nitrogens with one attached hydrogen (secondary N) is 6. The third-order valence-electron chi connectivity index (χ3n) is 10.0. The number of esters is 1. The third kappa shape index (κ3) is 11.3. The number of benzene rings is 2. The van der Waals surface area contributed by atoms with Crippen molar-refractivity contribution in [3.05, 3.63) is 106 Å². The van der Waals surface area contributed by atoms with Gasteiger partial charge in [-0.3, -0.25) is 29.5 Å². The van der Waals surface area contributed by atoms with Crippen LogP contribution in [0.1, 0.15) is 78.0 Å². The van der Waals surface area contributed by atoms with Crippen LogP contribution in [-0.4, -0.2) is 75.8 Å². The number of aryl methyl sites for hydroxylation is 1. The number of anilines is 3. The Balaban J connectivity index is 0.939. The maximum absolute atomic E-state index is 13.1. The van der Waals surface area contributed by atoms with Crippen LogP contribution in [0.25, 0.3) is 22.9 Å². The van der Waals surface area contributed by atoms with E-state index in [1.807, 2.05) is 37.4 Å². The zero-order valence-electron chi connectivity index (χ0n) is 34.1. The lowest BCUT2D eigenvalue weighted by Gasteiger charge is -2.18. The van der Waals surface area contributed by atoms with Crippen molar-refractivity contribution in [3.63, 3.8) is 0 Å². The van der Waals surface area contributed by atoms with Crippen LogP contribution in [0.15, 0.2) is 72.4 Å². The summed E-state index contributed by atoms with van der Waals surface area (Å²) in [4.78, 5) is 78.1. The molecule has 60 heavy (non-hydrogen) atoms. The topological polar surface area (TPSA) is 200 Å². The molecule has 5 amide bonds. The largest absolute Gasteiger partial charge is 0.427 e. The van der Waals surface area contributed by atoms with Crippen molar-refractivity contribution in [3.8, 4) is 17.0 Å². The van der Waals surface area contributed by atoms with Crippen molar-refractivity contribution >= 4 is 69.2 Å². The molecule has 0 saturated carbocycles. The summed E-state index contributed by atoms with van der Waals surface area (Å²) in [7, 11) is 0. The number of carbonyl (C=O) groups excluding carboxylic acids is 5. The van der Waals surface area contributed by atoms with Crippen LogP contribution < -0.4 is 31.3 Å². The molecule has 6 rings (SSSR count). The van der Waals surface area contributed by atoms with E-state index < -0.39 is 12.0 Å². The molecule has 6 N–H and O–H groups in total. The fourth-order valence-corrected chi connectivity index (χ4v) is 7.47. The fraction of sp³-hybridized carbons (Fsp3) is 0.295. The van der Waals surface area contributed by atoms with Gasteiger partial charge in [0.05, 0.1) is 16.8 Å². The van der Waals surface area contributed by atoms with E-state index in [0.717, 1.165) is 42.0 Å². The number of ether oxygens (including phenoxy) is 1. The van der Waals surface area contributed by atoms with Gasteiger partial charge in [-0.15, -0.1) is 11.3 Å². The summed E-state index contributed by atoms with van der Waals surface area (Å²) in [5.74, 6) is -0.762. The minimum atomic E-state index is -0.433. The number of pyridine rings is 1. The molecule has 3 aromatic heterocycles. The minimum Gasteiger partial charge on any atom is -0.427 e. The molecule has 5 aromatic rings. The molecule has 2 aromatic carbocycles. The van der Waals surface area contributed by atoms with Gasteiger partial charge in [0.15, 0.2) is 5.13 Å². The van der Waals surface area contributed by atoms with Gasteiger partial charge in [-0.1, -0.05) is 26.0 Å². The van der Waals surface area contributed by atoms with E-state index in [9.17, 15) is 24.0 Å². The number of nitrogens with zero attached hydrogens (tertiary/aromatic N) is 3. The number of hydrogen-bond acceptors (Lipinski definition) is 10. The zero-order chi connectivity index (χ0) is 42.6. The van der Waals surface area contributed by atoms with Crippen LogP contribution in [-0.2, 0) is 20.9 Å². The molecule has 0 radical (unpaired) electrons. The lowest BCUT2D eigenvalue weighted by atomic mass is 10.0. The maximum Gasteiger partial charge on any atom is 0.321 e. The highest BCUT2D eigenvalue weighted by Crippen LogP contribution is 2.36. The Labute approximate surface area is 352 Å². The predicted molar refractivity (Wildman–Crippen MR) is 234 cm³/mol. The Morgan fingerprint density at radius 3 is 2.50 bits per heavy atom. The highest BCUT2D eigenvalue weighted by Gasteiger charge is 2.26. The van der Waals surface area contributed by atoms with Crippen molar-refractivity contribution in [2.24, 2.45) is 0 Å². The molecular weight excluding hydrogens is 783 g/mol. The molecule has 1 aliphatic rings. The summed E-state index contributed by atoms with van der Waals surface area (Å²) >= 11 is 1.31. The number of carbonyl (C=O) groups is 5. The number of rotatable bonds is 18. The second-order valence-corrected chi connectivity index (χ2v) is 15.0. The third-order valence-corrected chi connectivity index (χ3v) is 10.8. The van der Waals surface area contributed by atoms with Crippen LogP contribution in [0.3, 0.4) is 0 Å². The monoisotopic (exact) mass is 831 g/mol. The van der Waals surface area contributed by atoms with Gasteiger partial charge in [0.2, 0.25) is 5.91 Å². The van der Waals surface area contributed by atoms with Gasteiger partial charge in [-0.25, -0.2) is 9.78 Å². The summed E-state index contributed by atoms with van der Waals surface area (Å²) in [5.41, 5.74) is 7.22. The molecule has 0 spiro atoms. The van der Waals surface area contributed by atoms with Crippen LogP contribution in [0, 0.1) is 13.8 Å². The van der Waals surface area contributed by atoms with Crippen molar-refractivity contribution in [1.29, 1.82) is 0 Å². The normalized spacial score (nSPS) is 12.6. The highest BCUT2D eigenvalue weighted by atomic mass is 32.1. The minimum absolute atomic E-state index is 0.117. The smallest absolute Gasteiger partial charge is 0.321 e. The number of fused-ring (bicyclic) bond motifs is 1. The van der Waals surface area contributed by atoms with E-state index in [1.54, 1.807) is 54.9 Å². The molecule has 15 nitrogen and oxygen atoms in total. The summed E-state index contributed by atoms with van der Waals surface area (Å²) < 4.78 is 5.52. The van der Waals surface area contributed by atoms with Gasteiger partial charge >= 0.3 is 12.0 Å². The Morgan fingerprint density at radius 2 is 1.72 bits per heavy atom. The number of hydrogen-bond donors (Lipinski definition) is 6. The number of H-pyrrole nitrogens is 1. The Bertz CT molecular complexity index is 2390. The summed E-state index contributed by atoms with van der Waals surface area (Å²) in [6.07, 6.45) is 6.28. The van der Waals surface area contributed by atoms with Gasteiger partial charge < -0.3 is 35.9 Å². The van der Waals surface area contributed by atoms with E-state index in [1.165, 1.54) is 11.3 Å². The van der Waals surface area contributed by atoms with Crippen LogP contribution >= 0.6 is 11.3 Å². The van der Waals surface area contributed by atoms with E-state index in [0.29, 0.717) is 69.7 Å². The first-order chi connectivity index (χ1) is 29.0. The molecule has 0 unspecified atom stereocenters. The van der Waals surface area contributed by atoms with Crippen molar-refractivity contribution in [2.75, 3.05) is 42.1 Å². The highest BCUT2D eigenvalue weighted by molar-refractivity contribution is 7.14. The molecule has 0 saturated heterocycles. The van der Waals surface area contributed by atoms with E-state index >= 15 is 0 Å². The number of likely N-dealkylation sites (N-methyl/N-ethyl adjacent to an activating group) is 1. The van der Waals surface area contributed by atoms with Crippen LogP contribution in [0.2, 0.25) is 0 Å². The first-order valence-electron chi connectivity index (χ1n) is 19.9. The average Bonchev–Trinajstić information content (AvgIpc) is 3.91. The number of urea groups is 1. The second-order valence-electron chi connectivity index (χ2n) is 14.2. The molecule has 0 fully saturated rings. The molecule has 0 aliphatic carbocycles. The second kappa shape index (κ2) is 20.4. The quantitative estimate of drug-likeness (QED) is 0.0230. The zero-order valence-corrected chi connectivity index (χ0v) is 34.9. The summed E-state index contributed by atoms with van der Waals surface area (Å²) in [6.45, 7) is 11.2. The number of aromatic amines is 1. The van der Waals surface area contributed by atoms with Crippen molar-refractivity contribution in [2.45, 2.75) is 59.9 Å². The van der Waals surface area contributed by atoms with E-state index in [4.69, 9.17) is 4.74 Å². The van der Waals surface area contributed by atoms with Crippen molar-refractivity contribution in [1.82, 2.24) is 30.5 Å². The molecule has 0 atom stereocenters. The molecule has 1 aliphatic heterocycles. The Morgan fingerprint density at radius 1 is 0.933 bits per heavy atom. The van der Waals surface area contributed by atoms with E-state index in [-0.39, 0.29) is 37.1 Å². The molecule has 4 heterocycles. The van der Waals surface area contributed by atoms with Crippen LogP contribution in [0.4, 0.5) is 21.3 Å². The Hall–Kier alpha value is -6.65. The number of thiazole rings is 1. The van der Waals surface area contributed by atoms with Gasteiger partial charge in [0.25, 0.3) is 11.8 Å². The van der Waals surface area contributed by atoms with E-state index in [2.05, 4.69) is 60.3 Å². The molecule has 312 valence electrons. The van der Waals surface area contributed by atoms with Gasteiger partial charge in [-0.05, 0) is 99.4 Å². The molecular formula is C44H49N9O6S. The van der Waals surface area contributed by atoms with Crippen LogP contribution in [0.5, 0.6) is 5.75 Å².